The van der Waals surface area contributed by atoms with Gasteiger partial charge >= 0.3 is 0 Å². The zero-order valence-electron chi connectivity index (χ0n) is 20.5. The number of nitrogens with zero attached hydrogens (tertiary/aromatic N) is 5. The van der Waals surface area contributed by atoms with E-state index in [9.17, 15) is 4.79 Å². The Morgan fingerprint density at radius 2 is 1.83 bits per heavy atom. The first-order valence-electron chi connectivity index (χ1n) is 12.9. The van der Waals surface area contributed by atoms with Crippen molar-refractivity contribution in [2.24, 2.45) is 11.8 Å². The van der Waals surface area contributed by atoms with Gasteiger partial charge in [0.25, 0.3) is 0 Å². The predicted molar refractivity (Wildman–Crippen MR) is 142 cm³/mol. The second-order valence-electron chi connectivity index (χ2n) is 10.4. The number of imidazole rings is 2. The molecule has 36 heavy (non-hydrogen) atoms. The average molecular weight is 476 g/mol. The molecule has 2 aliphatic rings. The van der Waals surface area contributed by atoms with Gasteiger partial charge in [-0.15, -0.1) is 0 Å². The topological polar surface area (TPSA) is 55.4 Å². The first kappa shape index (κ1) is 21.4. The molecule has 0 radical (unpaired) electrons. The van der Waals surface area contributed by atoms with E-state index in [-0.39, 0.29) is 0 Å². The van der Waals surface area contributed by atoms with E-state index in [4.69, 9.17) is 4.98 Å². The van der Waals surface area contributed by atoms with Gasteiger partial charge in [0, 0.05) is 31.1 Å². The molecule has 0 unspecified atom stereocenters. The third-order valence-electron chi connectivity index (χ3n) is 7.76. The van der Waals surface area contributed by atoms with Crippen LogP contribution in [0.25, 0.3) is 39.2 Å². The molecule has 1 aliphatic carbocycles. The molecular formula is C30H29N5O. The third kappa shape index (κ3) is 3.68. The lowest BCUT2D eigenvalue weighted by Gasteiger charge is -2.18. The van der Waals surface area contributed by atoms with Gasteiger partial charge in [-0.3, -0.25) is 9.20 Å². The predicted octanol–water partition coefficient (Wildman–Crippen LogP) is 5.58. The molecule has 4 heterocycles. The maximum absolute atomic E-state index is 12.6. The Bertz CT molecular complexity index is 1590. The minimum Gasteiger partial charge on any atom is -0.342 e. The molecule has 6 nitrogen and oxygen atoms in total. The molecule has 5 aromatic rings. The molecule has 1 saturated carbocycles. The summed E-state index contributed by atoms with van der Waals surface area (Å²) in [6, 6.07) is 21.5. The molecule has 1 aliphatic heterocycles. The van der Waals surface area contributed by atoms with Crippen LogP contribution in [0.2, 0.25) is 0 Å². The zero-order valence-corrected chi connectivity index (χ0v) is 20.5. The highest BCUT2D eigenvalue weighted by Crippen LogP contribution is 2.34. The van der Waals surface area contributed by atoms with E-state index in [2.05, 4.69) is 86.4 Å². The number of rotatable bonds is 5. The van der Waals surface area contributed by atoms with E-state index in [1.165, 1.54) is 5.56 Å². The number of aromatic nitrogens is 4. The fourth-order valence-corrected chi connectivity index (χ4v) is 5.65. The van der Waals surface area contributed by atoms with Crippen molar-refractivity contribution in [1.82, 2.24) is 23.8 Å². The Kier molecular flexibility index (Phi) is 4.94. The molecule has 2 fully saturated rings. The fraction of sp³-hybridized carbons (Fsp3) is 0.300. The van der Waals surface area contributed by atoms with Crippen molar-refractivity contribution in [2.45, 2.75) is 32.7 Å². The van der Waals surface area contributed by atoms with E-state index in [0.29, 0.717) is 17.7 Å². The minimum atomic E-state index is 0.294. The van der Waals surface area contributed by atoms with Gasteiger partial charge in [0.15, 0.2) is 0 Å². The van der Waals surface area contributed by atoms with E-state index in [0.717, 1.165) is 78.1 Å². The molecule has 7 rings (SSSR count). The first-order chi connectivity index (χ1) is 17.6. The summed E-state index contributed by atoms with van der Waals surface area (Å²) in [5.74, 6) is 2.11. The quantitative estimate of drug-likeness (QED) is 0.333. The van der Waals surface area contributed by atoms with Crippen molar-refractivity contribution < 1.29 is 4.79 Å². The van der Waals surface area contributed by atoms with Crippen LogP contribution in [0.3, 0.4) is 0 Å². The number of hydrogen-bond acceptors (Lipinski definition) is 3. The summed E-state index contributed by atoms with van der Waals surface area (Å²) < 4.78 is 4.48. The van der Waals surface area contributed by atoms with Crippen LogP contribution in [-0.4, -0.2) is 42.8 Å². The van der Waals surface area contributed by atoms with Crippen molar-refractivity contribution in [3.63, 3.8) is 0 Å². The first-order valence-corrected chi connectivity index (χ1v) is 12.9. The van der Waals surface area contributed by atoms with Crippen molar-refractivity contribution in [1.29, 1.82) is 0 Å². The number of pyridine rings is 1. The van der Waals surface area contributed by atoms with Crippen LogP contribution in [-0.2, 0) is 11.3 Å². The van der Waals surface area contributed by atoms with Gasteiger partial charge in [-0.05, 0) is 67.5 Å². The second kappa shape index (κ2) is 8.33. The molecule has 1 saturated heterocycles. The van der Waals surface area contributed by atoms with Crippen LogP contribution in [0, 0.1) is 18.8 Å². The largest absolute Gasteiger partial charge is 0.342 e. The number of likely N-dealkylation sites (tertiary alicyclic amines) is 1. The second-order valence-corrected chi connectivity index (χ2v) is 10.4. The number of hydrogen-bond donors (Lipinski definition) is 0. The number of amides is 1. The number of carbonyl (C=O) groups excluding carboxylic acids is 1. The highest BCUT2D eigenvalue weighted by atomic mass is 16.2. The summed E-state index contributed by atoms with van der Waals surface area (Å²) in [4.78, 5) is 24.1. The van der Waals surface area contributed by atoms with E-state index in [1.807, 2.05) is 12.5 Å². The lowest BCUT2D eigenvalue weighted by atomic mass is 10.1. The van der Waals surface area contributed by atoms with Gasteiger partial charge in [0.1, 0.15) is 5.82 Å². The summed E-state index contributed by atoms with van der Waals surface area (Å²) in [7, 11) is 0. The lowest BCUT2D eigenvalue weighted by Crippen LogP contribution is -2.30. The Hall–Kier alpha value is -3.93. The highest BCUT2D eigenvalue weighted by molar-refractivity contribution is 5.82. The molecule has 0 N–H and O–H groups in total. The van der Waals surface area contributed by atoms with Gasteiger partial charge in [-0.1, -0.05) is 36.4 Å². The Morgan fingerprint density at radius 3 is 2.67 bits per heavy atom. The van der Waals surface area contributed by atoms with E-state index in [1.54, 1.807) is 0 Å². The number of benzene rings is 2. The Morgan fingerprint density at radius 1 is 1.00 bits per heavy atom. The monoisotopic (exact) mass is 475 g/mol. The highest BCUT2D eigenvalue weighted by Gasteiger charge is 2.36. The van der Waals surface area contributed by atoms with Gasteiger partial charge in [-0.2, -0.15) is 0 Å². The molecule has 1 atom stereocenters. The van der Waals surface area contributed by atoms with Crippen LogP contribution < -0.4 is 0 Å². The smallest absolute Gasteiger partial charge is 0.225 e. The van der Waals surface area contributed by atoms with Gasteiger partial charge < -0.3 is 9.47 Å². The van der Waals surface area contributed by atoms with Gasteiger partial charge in [-0.25, -0.2) is 9.97 Å². The van der Waals surface area contributed by atoms with E-state index >= 15 is 0 Å². The van der Waals surface area contributed by atoms with Crippen LogP contribution >= 0.6 is 0 Å². The third-order valence-corrected chi connectivity index (χ3v) is 7.76. The van der Waals surface area contributed by atoms with Crippen LogP contribution in [0.15, 0.2) is 73.2 Å². The van der Waals surface area contributed by atoms with Gasteiger partial charge in [0.05, 0.1) is 34.8 Å². The van der Waals surface area contributed by atoms with Crippen molar-refractivity contribution in [3.05, 3.63) is 78.8 Å². The number of aryl methyl sites for hydroxylation is 1. The molecule has 2 aromatic carbocycles. The maximum atomic E-state index is 12.6. The summed E-state index contributed by atoms with van der Waals surface area (Å²) in [6.45, 7) is 4.73. The molecule has 0 bridgehead atoms. The van der Waals surface area contributed by atoms with E-state index < -0.39 is 0 Å². The average Bonchev–Trinajstić information content (AvgIpc) is 3.29. The summed E-state index contributed by atoms with van der Waals surface area (Å²) in [6.07, 6.45) is 6.93. The fourth-order valence-electron chi connectivity index (χ4n) is 5.65. The molecule has 3 aromatic heterocycles. The Labute approximate surface area is 210 Å². The number of carbonyl (C=O) groups is 1. The molecule has 0 spiro atoms. The van der Waals surface area contributed by atoms with Crippen LogP contribution in [0.4, 0.5) is 0 Å². The Balaban J connectivity index is 1.23. The van der Waals surface area contributed by atoms with Crippen LogP contribution in [0.1, 0.15) is 24.8 Å². The summed E-state index contributed by atoms with van der Waals surface area (Å²) in [5, 5.41) is 0. The van der Waals surface area contributed by atoms with Gasteiger partial charge in [0.2, 0.25) is 5.91 Å². The van der Waals surface area contributed by atoms with Crippen molar-refractivity contribution in [3.8, 4) is 22.6 Å². The van der Waals surface area contributed by atoms with Crippen molar-refractivity contribution in [2.75, 3.05) is 13.1 Å². The molecule has 180 valence electrons. The zero-order chi connectivity index (χ0) is 24.2. The normalized spacial score (nSPS) is 17.9. The molecular weight excluding hydrogens is 446 g/mol. The lowest BCUT2D eigenvalue weighted by molar-refractivity contribution is -0.131. The summed E-state index contributed by atoms with van der Waals surface area (Å²) in [5.41, 5.74) is 7.85. The van der Waals surface area contributed by atoms with Crippen molar-refractivity contribution >= 4 is 22.5 Å². The molecule has 6 heteroatoms. The minimum absolute atomic E-state index is 0.294. The number of fused-ring (bicyclic) bond motifs is 2. The van der Waals surface area contributed by atoms with Crippen LogP contribution in [0.5, 0.6) is 0 Å². The SMILES string of the molecule is Cc1ccc2c(c1)nc(-c1ccc(-c3cccc4cncn34)cc1)n2C[C@@H]1CCN(C(=O)C2CC2)C1. The standard InChI is InChI=1S/C30H29N5O/c1-20-5-12-28-26(15-20)32-29(34(28)18-21-13-14-33(17-21)30(36)24-10-11-24)23-8-6-22(7-9-23)27-4-2-3-25-16-31-19-35(25)27/h2-9,12,15-16,19,21,24H,10-11,13-14,17-18H2,1H3/t21-/m1/s1. The molecule has 1 amide bonds. The summed E-state index contributed by atoms with van der Waals surface area (Å²) >= 11 is 0. The maximum Gasteiger partial charge on any atom is 0.225 e.